The Balaban J connectivity index is 1.63. The average Bonchev–Trinajstić information content (AvgIpc) is 3.33. The van der Waals surface area contributed by atoms with Gasteiger partial charge in [0.1, 0.15) is 0 Å². The molecule has 184 valence electrons. The number of nitrogens with zero attached hydrogens (tertiary/aromatic N) is 1. The second kappa shape index (κ2) is 11.5. The van der Waals surface area contributed by atoms with Crippen LogP contribution in [0.3, 0.4) is 0 Å². The smallest absolute Gasteiger partial charge is 0.225 e. The van der Waals surface area contributed by atoms with Crippen LogP contribution in [0.2, 0.25) is 0 Å². The molecule has 4 atom stereocenters. The number of piperidine rings is 1. The van der Waals surface area contributed by atoms with E-state index < -0.39 is 5.60 Å². The Morgan fingerprint density at radius 3 is 2.59 bits per heavy atom. The van der Waals surface area contributed by atoms with E-state index in [0.29, 0.717) is 19.6 Å². The van der Waals surface area contributed by atoms with E-state index in [0.717, 1.165) is 68.2 Å². The summed E-state index contributed by atoms with van der Waals surface area (Å²) in [7, 11) is 1.72. The van der Waals surface area contributed by atoms with Crippen LogP contribution in [-0.2, 0) is 15.1 Å². The number of ether oxygens (including phenoxy) is 1. The van der Waals surface area contributed by atoms with E-state index in [1.54, 1.807) is 7.11 Å². The van der Waals surface area contributed by atoms with Gasteiger partial charge in [-0.15, -0.1) is 0 Å². The number of nitrogens with two attached hydrogens (primary N) is 1. The highest BCUT2D eigenvalue weighted by Gasteiger charge is 2.43. The van der Waals surface area contributed by atoms with E-state index >= 15 is 0 Å². The van der Waals surface area contributed by atoms with Crippen LogP contribution in [0.5, 0.6) is 0 Å². The second-order valence-electron chi connectivity index (χ2n) is 10.2. The standard InChI is InChI=1S/C29H40N2O3/c1-34-19-8-7-17-29(33,27-14-6-5-13-26(27)22-10-3-2-4-11-22)24-12-9-18-31(21-24)28(32)23-15-16-25(30)20-23/h2-6,10-11,13-14,23-25,33H,7-9,12,15-21,30H2,1H3/t23-,24-,25+,29?/m1/s1. The fraction of sp³-hybridized carbons (Fsp3) is 0.552. The van der Waals surface area contributed by atoms with E-state index in [1.807, 2.05) is 35.2 Å². The molecule has 2 aliphatic rings. The van der Waals surface area contributed by atoms with E-state index in [2.05, 4.69) is 24.3 Å². The first-order valence-corrected chi connectivity index (χ1v) is 12.9. The summed E-state index contributed by atoms with van der Waals surface area (Å²) in [4.78, 5) is 15.3. The van der Waals surface area contributed by atoms with Crippen molar-refractivity contribution in [3.63, 3.8) is 0 Å². The molecule has 0 radical (unpaired) electrons. The molecule has 2 aromatic carbocycles. The molecule has 0 bridgehead atoms. The molecule has 1 aliphatic carbocycles. The van der Waals surface area contributed by atoms with Gasteiger partial charge in [-0.05, 0) is 68.1 Å². The molecule has 1 amide bonds. The molecule has 2 aromatic rings. The number of hydrogen-bond donors (Lipinski definition) is 2. The molecule has 3 N–H and O–H groups in total. The maximum Gasteiger partial charge on any atom is 0.225 e. The normalized spacial score (nSPS) is 24.7. The number of rotatable bonds is 9. The molecular weight excluding hydrogens is 424 g/mol. The predicted molar refractivity (Wildman–Crippen MR) is 136 cm³/mol. The van der Waals surface area contributed by atoms with Crippen molar-refractivity contribution in [1.29, 1.82) is 0 Å². The first-order valence-electron chi connectivity index (χ1n) is 12.9. The highest BCUT2D eigenvalue weighted by molar-refractivity contribution is 5.79. The summed E-state index contributed by atoms with van der Waals surface area (Å²) in [5.74, 6) is 0.267. The number of aliphatic hydroxyl groups is 1. The molecule has 5 heteroatoms. The summed E-state index contributed by atoms with van der Waals surface area (Å²) in [5, 5.41) is 12.5. The zero-order valence-corrected chi connectivity index (χ0v) is 20.5. The summed E-state index contributed by atoms with van der Waals surface area (Å²) >= 11 is 0. The Morgan fingerprint density at radius 2 is 1.85 bits per heavy atom. The number of carbonyl (C=O) groups excluding carboxylic acids is 1. The van der Waals surface area contributed by atoms with Crippen LogP contribution in [0.15, 0.2) is 54.6 Å². The minimum Gasteiger partial charge on any atom is -0.385 e. The lowest BCUT2D eigenvalue weighted by atomic mass is 9.72. The lowest BCUT2D eigenvalue weighted by molar-refractivity contribution is -0.140. The molecule has 0 spiro atoms. The molecule has 1 heterocycles. The average molecular weight is 465 g/mol. The maximum atomic E-state index is 13.3. The topological polar surface area (TPSA) is 75.8 Å². The molecule has 1 unspecified atom stereocenters. The zero-order chi connectivity index (χ0) is 24.0. The second-order valence-corrected chi connectivity index (χ2v) is 10.2. The van der Waals surface area contributed by atoms with Crippen molar-refractivity contribution in [3.05, 3.63) is 60.2 Å². The van der Waals surface area contributed by atoms with Gasteiger partial charge in [-0.25, -0.2) is 0 Å². The Hall–Kier alpha value is -2.21. The first-order chi connectivity index (χ1) is 16.5. The van der Waals surface area contributed by atoms with Crippen LogP contribution in [0.25, 0.3) is 11.1 Å². The van der Waals surface area contributed by atoms with Gasteiger partial charge in [0.2, 0.25) is 5.91 Å². The van der Waals surface area contributed by atoms with Gasteiger partial charge in [0, 0.05) is 44.7 Å². The molecule has 0 aromatic heterocycles. The van der Waals surface area contributed by atoms with Gasteiger partial charge >= 0.3 is 0 Å². The number of unbranched alkanes of at least 4 members (excludes halogenated alkanes) is 1. The lowest BCUT2D eigenvalue weighted by Crippen LogP contribution is -2.49. The van der Waals surface area contributed by atoms with Crippen LogP contribution in [0, 0.1) is 11.8 Å². The van der Waals surface area contributed by atoms with Crippen molar-refractivity contribution in [2.75, 3.05) is 26.8 Å². The molecule has 34 heavy (non-hydrogen) atoms. The number of hydrogen-bond acceptors (Lipinski definition) is 4. The summed E-state index contributed by atoms with van der Waals surface area (Å²) in [5.41, 5.74) is 8.24. The fourth-order valence-electron chi connectivity index (χ4n) is 6.00. The molecular formula is C29H40N2O3. The highest BCUT2D eigenvalue weighted by atomic mass is 16.5. The number of benzene rings is 2. The van der Waals surface area contributed by atoms with Gasteiger partial charge in [0.15, 0.2) is 0 Å². The largest absolute Gasteiger partial charge is 0.385 e. The summed E-state index contributed by atoms with van der Waals surface area (Å²) < 4.78 is 5.27. The van der Waals surface area contributed by atoms with Crippen LogP contribution < -0.4 is 5.73 Å². The molecule has 2 fully saturated rings. The summed E-state index contributed by atoms with van der Waals surface area (Å²) in [6, 6.07) is 18.7. The van der Waals surface area contributed by atoms with Crippen molar-refractivity contribution in [1.82, 2.24) is 4.90 Å². The van der Waals surface area contributed by atoms with Gasteiger partial charge in [-0.1, -0.05) is 54.6 Å². The SMILES string of the molecule is COCCCCC(O)(c1ccccc1-c1ccccc1)[C@@H]1CCCN(C(=O)[C@@H]2CC[C@H](N)C2)C1. The van der Waals surface area contributed by atoms with Crippen LogP contribution >= 0.6 is 0 Å². The summed E-state index contributed by atoms with van der Waals surface area (Å²) in [6.45, 7) is 2.07. The van der Waals surface area contributed by atoms with E-state index in [-0.39, 0.29) is 23.8 Å². The Labute approximate surface area is 204 Å². The third-order valence-corrected chi connectivity index (χ3v) is 7.87. The van der Waals surface area contributed by atoms with Crippen molar-refractivity contribution in [2.24, 2.45) is 17.6 Å². The number of likely N-dealkylation sites (tertiary alicyclic amines) is 1. The van der Waals surface area contributed by atoms with E-state index in [4.69, 9.17) is 10.5 Å². The van der Waals surface area contributed by atoms with Gasteiger partial charge in [-0.3, -0.25) is 4.79 Å². The van der Waals surface area contributed by atoms with Gasteiger partial charge < -0.3 is 20.5 Å². The first kappa shape index (κ1) is 24.9. The number of amides is 1. The van der Waals surface area contributed by atoms with Crippen molar-refractivity contribution in [2.45, 2.75) is 63.0 Å². The third-order valence-electron chi connectivity index (χ3n) is 7.87. The predicted octanol–water partition coefficient (Wildman–Crippen LogP) is 4.72. The van der Waals surface area contributed by atoms with E-state index in [1.165, 1.54) is 0 Å². The molecule has 1 aliphatic heterocycles. The Kier molecular flexibility index (Phi) is 8.41. The zero-order valence-electron chi connectivity index (χ0n) is 20.5. The van der Waals surface area contributed by atoms with Gasteiger partial charge in [0.25, 0.3) is 0 Å². The minimum atomic E-state index is -1.01. The van der Waals surface area contributed by atoms with Crippen LogP contribution in [0.1, 0.15) is 56.9 Å². The molecule has 1 saturated carbocycles. The van der Waals surface area contributed by atoms with Crippen molar-refractivity contribution in [3.8, 4) is 11.1 Å². The lowest BCUT2D eigenvalue weighted by Gasteiger charge is -2.44. The molecule has 4 rings (SSSR count). The number of carbonyl (C=O) groups is 1. The van der Waals surface area contributed by atoms with Gasteiger partial charge in [0.05, 0.1) is 5.60 Å². The van der Waals surface area contributed by atoms with Gasteiger partial charge in [-0.2, -0.15) is 0 Å². The maximum absolute atomic E-state index is 13.3. The van der Waals surface area contributed by atoms with Crippen LogP contribution in [0.4, 0.5) is 0 Å². The van der Waals surface area contributed by atoms with E-state index in [9.17, 15) is 9.90 Å². The third kappa shape index (κ3) is 5.54. The monoisotopic (exact) mass is 464 g/mol. The Morgan fingerprint density at radius 1 is 1.09 bits per heavy atom. The summed E-state index contributed by atoms with van der Waals surface area (Å²) in [6.07, 6.45) is 6.87. The Bertz CT molecular complexity index is 934. The van der Waals surface area contributed by atoms with Crippen molar-refractivity contribution < 1.29 is 14.6 Å². The minimum absolute atomic E-state index is 0.00677. The fourth-order valence-corrected chi connectivity index (χ4v) is 6.00. The quantitative estimate of drug-likeness (QED) is 0.527. The van der Waals surface area contributed by atoms with Crippen LogP contribution in [-0.4, -0.2) is 48.8 Å². The number of methoxy groups -OCH3 is 1. The molecule has 5 nitrogen and oxygen atoms in total. The van der Waals surface area contributed by atoms with Crippen molar-refractivity contribution >= 4 is 5.91 Å². The molecule has 1 saturated heterocycles. The highest BCUT2D eigenvalue weighted by Crippen LogP contribution is 2.44.